The minimum Gasteiger partial charge on any atom is -0.461 e. The first-order chi connectivity index (χ1) is 9.22. The summed E-state index contributed by atoms with van der Waals surface area (Å²) in [4.78, 5) is 19.2. The van der Waals surface area contributed by atoms with Crippen LogP contribution < -0.4 is 0 Å². The van der Waals surface area contributed by atoms with E-state index in [9.17, 15) is 4.79 Å². The molecule has 5 nitrogen and oxygen atoms in total. The number of pyridine rings is 1. The molecule has 3 rings (SSSR count). The highest BCUT2D eigenvalue weighted by molar-refractivity contribution is 6.17. The number of aromatic nitrogens is 3. The Morgan fingerprint density at radius 2 is 2.42 bits per heavy atom. The molecule has 0 atom stereocenters. The van der Waals surface area contributed by atoms with Gasteiger partial charge < -0.3 is 14.1 Å². The molecule has 0 fully saturated rings. The zero-order valence-corrected chi connectivity index (χ0v) is 11.1. The van der Waals surface area contributed by atoms with Gasteiger partial charge in [-0.05, 0) is 19.1 Å². The third-order valence-corrected chi connectivity index (χ3v) is 3.18. The average molecular weight is 278 g/mol. The van der Waals surface area contributed by atoms with Crippen LogP contribution in [0.2, 0.25) is 0 Å². The summed E-state index contributed by atoms with van der Waals surface area (Å²) in [5, 5.41) is 0.877. The van der Waals surface area contributed by atoms with Crippen LogP contribution in [0.15, 0.2) is 24.5 Å². The number of imidazole rings is 1. The number of fused-ring (bicyclic) bond motifs is 3. The van der Waals surface area contributed by atoms with E-state index in [-0.39, 0.29) is 5.97 Å². The molecule has 0 amide bonds. The monoisotopic (exact) mass is 277 g/mol. The molecule has 0 radical (unpaired) electrons. The number of nitrogens with one attached hydrogen (secondary N) is 1. The highest BCUT2D eigenvalue weighted by atomic mass is 35.5. The van der Waals surface area contributed by atoms with Crippen LogP contribution in [0.5, 0.6) is 0 Å². The van der Waals surface area contributed by atoms with Gasteiger partial charge in [-0.15, -0.1) is 11.6 Å². The van der Waals surface area contributed by atoms with E-state index in [4.69, 9.17) is 16.3 Å². The Kier molecular flexibility index (Phi) is 2.91. The van der Waals surface area contributed by atoms with E-state index in [1.165, 1.54) is 0 Å². The molecule has 98 valence electrons. The molecule has 0 saturated heterocycles. The molecule has 6 heteroatoms. The van der Waals surface area contributed by atoms with E-state index in [0.29, 0.717) is 18.2 Å². The summed E-state index contributed by atoms with van der Waals surface area (Å²) in [6.07, 6.45) is 3.75. The number of alkyl halides is 1. The van der Waals surface area contributed by atoms with Gasteiger partial charge in [-0.3, -0.25) is 0 Å². The van der Waals surface area contributed by atoms with E-state index in [1.807, 2.05) is 22.9 Å². The fraction of sp³-hybridized carbons (Fsp3) is 0.231. The minimum atomic E-state index is -0.360. The van der Waals surface area contributed by atoms with Crippen LogP contribution in [0.3, 0.4) is 0 Å². The van der Waals surface area contributed by atoms with Gasteiger partial charge in [0.25, 0.3) is 0 Å². The molecule has 0 bridgehead atoms. The Bertz CT molecular complexity index is 760. The Balaban J connectivity index is 2.18. The number of halogens is 1. The molecule has 0 aromatic carbocycles. The number of H-pyrrole nitrogens is 1. The van der Waals surface area contributed by atoms with Gasteiger partial charge in [0.2, 0.25) is 0 Å². The molecule has 0 aliphatic rings. The molecule has 1 N–H and O–H groups in total. The zero-order valence-electron chi connectivity index (χ0n) is 10.3. The van der Waals surface area contributed by atoms with Crippen molar-refractivity contribution in [1.82, 2.24) is 14.4 Å². The van der Waals surface area contributed by atoms with Crippen molar-refractivity contribution >= 4 is 34.1 Å². The van der Waals surface area contributed by atoms with Gasteiger partial charge in [-0.25, -0.2) is 9.78 Å². The lowest BCUT2D eigenvalue weighted by Gasteiger charge is -1.96. The van der Waals surface area contributed by atoms with Crippen molar-refractivity contribution in [3.8, 4) is 0 Å². The van der Waals surface area contributed by atoms with Gasteiger partial charge in [-0.2, -0.15) is 0 Å². The Hall–Kier alpha value is -2.01. The van der Waals surface area contributed by atoms with Crippen molar-refractivity contribution in [2.24, 2.45) is 0 Å². The average Bonchev–Trinajstić information content (AvgIpc) is 3.01. The number of hydrogen-bond donors (Lipinski definition) is 1. The maximum Gasteiger partial charge on any atom is 0.354 e. The first-order valence-electron chi connectivity index (χ1n) is 5.95. The zero-order chi connectivity index (χ0) is 13.4. The van der Waals surface area contributed by atoms with Crippen LogP contribution in [0.4, 0.5) is 0 Å². The Morgan fingerprint density at radius 3 is 3.16 bits per heavy atom. The van der Waals surface area contributed by atoms with Crippen LogP contribution in [0.25, 0.3) is 16.6 Å². The molecule has 19 heavy (non-hydrogen) atoms. The summed E-state index contributed by atoms with van der Waals surface area (Å²) >= 11 is 5.79. The molecule has 0 aliphatic heterocycles. The van der Waals surface area contributed by atoms with E-state index < -0.39 is 0 Å². The number of nitrogens with zero attached hydrogens (tertiary/aromatic N) is 2. The van der Waals surface area contributed by atoms with Gasteiger partial charge >= 0.3 is 5.97 Å². The summed E-state index contributed by atoms with van der Waals surface area (Å²) in [7, 11) is 0. The van der Waals surface area contributed by atoms with Crippen molar-refractivity contribution in [1.29, 1.82) is 0 Å². The molecule has 3 aromatic rings. The fourth-order valence-corrected chi connectivity index (χ4v) is 2.21. The molecular formula is C13H12ClN3O2. The van der Waals surface area contributed by atoms with E-state index in [0.717, 1.165) is 22.2 Å². The SMILES string of the molecule is CCOC(=O)c1cc2c(ccn3cc(CCl)nc23)[nH]1. The number of esters is 1. The minimum absolute atomic E-state index is 0.351. The third-order valence-electron chi connectivity index (χ3n) is 2.91. The first kappa shape index (κ1) is 12.0. The molecule has 0 saturated carbocycles. The highest BCUT2D eigenvalue weighted by Gasteiger charge is 2.13. The lowest BCUT2D eigenvalue weighted by molar-refractivity contribution is 0.0520. The lowest BCUT2D eigenvalue weighted by Crippen LogP contribution is -2.04. The normalized spacial score (nSPS) is 11.3. The van der Waals surface area contributed by atoms with Gasteiger partial charge in [0.15, 0.2) is 0 Å². The van der Waals surface area contributed by atoms with E-state index in [2.05, 4.69) is 9.97 Å². The summed E-state index contributed by atoms with van der Waals surface area (Å²) in [5.41, 5.74) is 2.86. The molecule has 3 aromatic heterocycles. The predicted octanol–water partition coefficient (Wildman–Crippen LogP) is 2.73. The molecule has 3 heterocycles. The second-order valence-corrected chi connectivity index (χ2v) is 4.41. The number of carbonyl (C=O) groups is 1. The Labute approximate surface area is 114 Å². The van der Waals surface area contributed by atoms with E-state index >= 15 is 0 Å². The number of aromatic amines is 1. The van der Waals surface area contributed by atoms with Crippen molar-refractivity contribution in [3.63, 3.8) is 0 Å². The molecule has 0 unspecified atom stereocenters. The number of hydrogen-bond acceptors (Lipinski definition) is 3. The molecular weight excluding hydrogens is 266 g/mol. The topological polar surface area (TPSA) is 59.4 Å². The fourth-order valence-electron chi connectivity index (χ4n) is 2.08. The van der Waals surface area contributed by atoms with Crippen molar-refractivity contribution in [2.75, 3.05) is 6.61 Å². The number of carbonyl (C=O) groups excluding carboxylic acids is 1. The summed E-state index contributed by atoms with van der Waals surface area (Å²) in [6.45, 7) is 2.13. The largest absolute Gasteiger partial charge is 0.461 e. The highest BCUT2D eigenvalue weighted by Crippen LogP contribution is 2.21. The van der Waals surface area contributed by atoms with Crippen molar-refractivity contribution in [2.45, 2.75) is 12.8 Å². The number of ether oxygens (including phenoxy) is 1. The maximum absolute atomic E-state index is 11.7. The van der Waals surface area contributed by atoms with Crippen molar-refractivity contribution < 1.29 is 9.53 Å². The predicted molar refractivity (Wildman–Crippen MR) is 72.6 cm³/mol. The van der Waals surface area contributed by atoms with Crippen LogP contribution in [0, 0.1) is 0 Å². The lowest BCUT2D eigenvalue weighted by atomic mass is 10.3. The quantitative estimate of drug-likeness (QED) is 0.591. The van der Waals surface area contributed by atoms with Gasteiger partial charge in [0.1, 0.15) is 11.3 Å². The van der Waals surface area contributed by atoms with Crippen LogP contribution in [0.1, 0.15) is 23.1 Å². The standard InChI is InChI=1S/C13H12ClN3O2/c1-2-19-13(18)11-5-9-10(16-11)3-4-17-7-8(6-14)15-12(9)17/h3-5,7,16H,2,6H2,1H3. The number of rotatable bonds is 3. The van der Waals surface area contributed by atoms with Crippen LogP contribution in [-0.2, 0) is 10.6 Å². The molecule has 0 aliphatic carbocycles. The van der Waals surface area contributed by atoms with Gasteiger partial charge in [-0.1, -0.05) is 0 Å². The maximum atomic E-state index is 11.7. The third kappa shape index (κ3) is 1.96. The van der Waals surface area contributed by atoms with Crippen LogP contribution in [-0.4, -0.2) is 26.9 Å². The second-order valence-electron chi connectivity index (χ2n) is 4.14. The van der Waals surface area contributed by atoms with Gasteiger partial charge in [0, 0.05) is 17.8 Å². The smallest absolute Gasteiger partial charge is 0.354 e. The summed E-state index contributed by atoms with van der Waals surface area (Å²) in [5.74, 6) is -0.000756. The Morgan fingerprint density at radius 1 is 1.58 bits per heavy atom. The van der Waals surface area contributed by atoms with Gasteiger partial charge in [0.05, 0.1) is 23.7 Å². The summed E-state index contributed by atoms with van der Waals surface area (Å²) < 4.78 is 6.87. The van der Waals surface area contributed by atoms with Crippen LogP contribution >= 0.6 is 11.6 Å². The first-order valence-corrected chi connectivity index (χ1v) is 6.48. The van der Waals surface area contributed by atoms with E-state index in [1.54, 1.807) is 13.0 Å². The second kappa shape index (κ2) is 4.59. The van der Waals surface area contributed by atoms with Crippen molar-refractivity contribution in [3.05, 3.63) is 35.9 Å². The summed E-state index contributed by atoms with van der Waals surface area (Å²) in [6, 6.07) is 3.65. The molecule has 0 spiro atoms.